The van der Waals surface area contributed by atoms with Crippen LogP contribution in [0.1, 0.15) is 25.0 Å². The molecule has 0 amide bonds. The van der Waals surface area contributed by atoms with Crippen molar-refractivity contribution in [2.24, 2.45) is 10.3 Å². The molecular weight excluding hydrogens is 308 g/mol. The predicted octanol–water partition coefficient (Wildman–Crippen LogP) is 3.54. The summed E-state index contributed by atoms with van der Waals surface area (Å²) in [6.07, 6.45) is 0. The maximum Gasteiger partial charge on any atom is 0.122 e. The van der Waals surface area contributed by atoms with Crippen molar-refractivity contribution in [2.45, 2.75) is 13.8 Å². The van der Waals surface area contributed by atoms with Crippen LogP contribution in [0, 0.1) is 0 Å². The molecule has 0 radical (unpaired) electrons. The molecule has 0 unspecified atom stereocenters. The highest BCUT2D eigenvalue weighted by Crippen LogP contribution is 2.14. The highest BCUT2D eigenvalue weighted by Gasteiger charge is 2.01. The first-order chi connectivity index (χ1) is 11.6. The minimum Gasteiger partial charge on any atom is -0.490 e. The van der Waals surface area contributed by atoms with E-state index in [0.29, 0.717) is 24.6 Å². The molecule has 126 valence electrons. The van der Waals surface area contributed by atoms with E-state index in [9.17, 15) is 0 Å². The molecule has 0 aliphatic carbocycles. The molecule has 2 aromatic rings. The number of nitrogens with zero attached hydrogens (tertiary/aromatic N) is 2. The molecule has 0 fully saturated rings. The van der Waals surface area contributed by atoms with Crippen LogP contribution in [0.2, 0.25) is 0 Å². The summed E-state index contributed by atoms with van der Waals surface area (Å²) in [5.41, 5.74) is 2.77. The van der Waals surface area contributed by atoms with Gasteiger partial charge < -0.3 is 19.9 Å². The number of ether oxygens (including phenoxy) is 2. The molecule has 24 heavy (non-hydrogen) atoms. The molecule has 0 aromatic heterocycles. The molecule has 2 rings (SSSR count). The van der Waals surface area contributed by atoms with Crippen LogP contribution < -0.4 is 9.47 Å². The fraction of sp³-hybridized carbons (Fsp3) is 0.222. The van der Waals surface area contributed by atoms with Crippen LogP contribution in [0.25, 0.3) is 0 Å². The molecule has 2 N–H and O–H groups in total. The summed E-state index contributed by atoms with van der Waals surface area (Å²) >= 11 is 0. The van der Waals surface area contributed by atoms with E-state index in [-0.39, 0.29) is 0 Å². The average Bonchev–Trinajstić information content (AvgIpc) is 2.65. The van der Waals surface area contributed by atoms with E-state index in [1.165, 1.54) is 0 Å². The zero-order chi connectivity index (χ0) is 17.4. The van der Waals surface area contributed by atoms with Gasteiger partial charge in [0.1, 0.15) is 24.7 Å². The van der Waals surface area contributed by atoms with Crippen LogP contribution in [0.5, 0.6) is 11.5 Å². The third kappa shape index (κ3) is 4.74. The van der Waals surface area contributed by atoms with E-state index in [1.807, 2.05) is 48.5 Å². The predicted molar refractivity (Wildman–Crippen MR) is 91.9 cm³/mol. The quantitative estimate of drug-likeness (QED) is 0.352. The van der Waals surface area contributed by atoms with Gasteiger partial charge in [-0.2, -0.15) is 0 Å². The zero-order valence-electron chi connectivity index (χ0n) is 13.6. The van der Waals surface area contributed by atoms with Gasteiger partial charge in [0.25, 0.3) is 0 Å². The van der Waals surface area contributed by atoms with Crippen molar-refractivity contribution in [3.05, 3.63) is 59.7 Å². The van der Waals surface area contributed by atoms with Crippen LogP contribution in [-0.2, 0) is 0 Å². The van der Waals surface area contributed by atoms with Gasteiger partial charge >= 0.3 is 0 Å². The van der Waals surface area contributed by atoms with E-state index in [1.54, 1.807) is 13.8 Å². The fourth-order valence-corrected chi connectivity index (χ4v) is 2.02. The third-order valence-electron chi connectivity index (χ3n) is 3.46. The summed E-state index contributed by atoms with van der Waals surface area (Å²) in [5, 5.41) is 23.8. The molecule has 0 saturated heterocycles. The first-order valence-corrected chi connectivity index (χ1v) is 7.48. The summed E-state index contributed by atoms with van der Waals surface area (Å²) < 4.78 is 11.2. The second-order valence-corrected chi connectivity index (χ2v) is 5.12. The Labute approximate surface area is 140 Å². The van der Waals surface area contributed by atoms with Crippen LogP contribution >= 0.6 is 0 Å². The SMILES string of the molecule is C/C(=N\O)c1ccc(OCCOc2ccc(/C(C)=N/O)cc2)cc1. The Morgan fingerprint density at radius 1 is 0.708 bits per heavy atom. The van der Waals surface area contributed by atoms with Gasteiger partial charge in [-0.25, -0.2) is 0 Å². The van der Waals surface area contributed by atoms with Gasteiger partial charge in [-0.1, -0.05) is 10.3 Å². The lowest BCUT2D eigenvalue weighted by atomic mass is 10.1. The second kappa shape index (κ2) is 8.57. The van der Waals surface area contributed by atoms with E-state index in [4.69, 9.17) is 19.9 Å². The molecule has 0 heterocycles. The molecule has 0 aliphatic rings. The van der Waals surface area contributed by atoms with Crippen molar-refractivity contribution in [2.75, 3.05) is 13.2 Å². The molecule has 0 bridgehead atoms. The first-order valence-electron chi connectivity index (χ1n) is 7.48. The fourth-order valence-electron chi connectivity index (χ4n) is 2.02. The molecule has 0 saturated carbocycles. The van der Waals surface area contributed by atoms with Crippen LogP contribution in [0.15, 0.2) is 58.8 Å². The van der Waals surface area contributed by atoms with Crippen molar-refractivity contribution in [1.82, 2.24) is 0 Å². The smallest absolute Gasteiger partial charge is 0.122 e. The van der Waals surface area contributed by atoms with Crippen molar-refractivity contribution in [3.8, 4) is 11.5 Å². The summed E-state index contributed by atoms with van der Waals surface area (Å²) in [7, 11) is 0. The Kier molecular flexibility index (Phi) is 6.19. The molecule has 6 heteroatoms. The normalized spacial score (nSPS) is 12.1. The van der Waals surface area contributed by atoms with E-state index >= 15 is 0 Å². The van der Waals surface area contributed by atoms with Crippen LogP contribution in [-0.4, -0.2) is 35.1 Å². The van der Waals surface area contributed by atoms with Gasteiger partial charge in [0.2, 0.25) is 0 Å². The Morgan fingerprint density at radius 2 is 1.04 bits per heavy atom. The highest BCUT2D eigenvalue weighted by atomic mass is 16.5. The van der Waals surface area contributed by atoms with E-state index < -0.39 is 0 Å². The van der Waals surface area contributed by atoms with Gasteiger partial charge in [-0.05, 0) is 73.5 Å². The monoisotopic (exact) mass is 328 g/mol. The number of benzene rings is 2. The van der Waals surface area contributed by atoms with Gasteiger partial charge in [0, 0.05) is 0 Å². The number of oxime groups is 2. The molecule has 0 aliphatic heterocycles. The summed E-state index contributed by atoms with van der Waals surface area (Å²) in [6.45, 7) is 4.27. The average molecular weight is 328 g/mol. The van der Waals surface area contributed by atoms with Crippen molar-refractivity contribution in [1.29, 1.82) is 0 Å². The summed E-state index contributed by atoms with van der Waals surface area (Å²) in [6, 6.07) is 14.6. The second-order valence-electron chi connectivity index (χ2n) is 5.12. The number of rotatable bonds is 7. The molecular formula is C18H20N2O4. The van der Waals surface area contributed by atoms with Crippen LogP contribution in [0.3, 0.4) is 0 Å². The number of hydrogen-bond donors (Lipinski definition) is 2. The van der Waals surface area contributed by atoms with Gasteiger partial charge in [-0.3, -0.25) is 0 Å². The maximum atomic E-state index is 8.72. The molecule has 0 spiro atoms. The molecule has 2 aromatic carbocycles. The standard InChI is InChI=1S/C18H20N2O4/c1-13(19-21)15-3-7-17(8-4-15)23-11-12-24-18-9-5-16(6-10-18)14(2)20-22/h3-10,21-22H,11-12H2,1-2H3/b19-13+,20-14+. The lowest BCUT2D eigenvalue weighted by Gasteiger charge is -2.09. The Morgan fingerprint density at radius 3 is 1.33 bits per heavy atom. The lowest BCUT2D eigenvalue weighted by Crippen LogP contribution is -2.09. The van der Waals surface area contributed by atoms with Crippen molar-refractivity contribution < 1.29 is 19.9 Å². The van der Waals surface area contributed by atoms with Gasteiger partial charge in [0.05, 0.1) is 11.4 Å². The van der Waals surface area contributed by atoms with Crippen molar-refractivity contribution >= 4 is 11.4 Å². The maximum absolute atomic E-state index is 8.72. The third-order valence-corrected chi connectivity index (χ3v) is 3.46. The van der Waals surface area contributed by atoms with Crippen LogP contribution in [0.4, 0.5) is 0 Å². The number of hydrogen-bond acceptors (Lipinski definition) is 6. The summed E-state index contributed by atoms with van der Waals surface area (Å²) in [4.78, 5) is 0. The molecule has 0 atom stereocenters. The van der Waals surface area contributed by atoms with E-state index in [2.05, 4.69) is 10.3 Å². The topological polar surface area (TPSA) is 83.6 Å². The zero-order valence-corrected chi connectivity index (χ0v) is 13.6. The highest BCUT2D eigenvalue weighted by molar-refractivity contribution is 5.98. The van der Waals surface area contributed by atoms with E-state index in [0.717, 1.165) is 22.6 Å². The summed E-state index contributed by atoms with van der Waals surface area (Å²) in [5.74, 6) is 1.44. The Bertz CT molecular complexity index is 643. The van der Waals surface area contributed by atoms with Gasteiger partial charge in [-0.15, -0.1) is 0 Å². The Balaban J connectivity index is 1.78. The van der Waals surface area contributed by atoms with Crippen molar-refractivity contribution in [3.63, 3.8) is 0 Å². The minimum atomic E-state index is 0.408. The lowest BCUT2D eigenvalue weighted by molar-refractivity contribution is 0.217. The first kappa shape index (κ1) is 17.3. The largest absolute Gasteiger partial charge is 0.490 e. The van der Waals surface area contributed by atoms with Gasteiger partial charge in [0.15, 0.2) is 0 Å². The Hall–Kier alpha value is -3.02. The molecule has 6 nitrogen and oxygen atoms in total. The minimum absolute atomic E-state index is 0.408.